The van der Waals surface area contributed by atoms with Crippen molar-refractivity contribution < 1.29 is 4.79 Å². The highest BCUT2D eigenvalue weighted by molar-refractivity contribution is 5.85. The predicted molar refractivity (Wildman–Crippen MR) is 49.5 cm³/mol. The average molecular weight is 191 g/mol. The second-order valence-electron chi connectivity index (χ2n) is 3.34. The van der Waals surface area contributed by atoms with E-state index < -0.39 is 0 Å². The molecule has 0 bridgehead atoms. The SMILES string of the molecule is Cl.O=C1CCC[C@H]2CNCCN12. The zero-order valence-corrected chi connectivity index (χ0v) is 7.90. The van der Waals surface area contributed by atoms with Gasteiger partial charge >= 0.3 is 0 Å². The molecule has 0 aromatic rings. The van der Waals surface area contributed by atoms with E-state index in [2.05, 4.69) is 5.32 Å². The molecule has 12 heavy (non-hydrogen) atoms. The third-order valence-corrected chi connectivity index (χ3v) is 2.60. The van der Waals surface area contributed by atoms with E-state index in [9.17, 15) is 4.79 Å². The van der Waals surface area contributed by atoms with Crippen molar-refractivity contribution >= 4 is 18.3 Å². The van der Waals surface area contributed by atoms with Crippen LogP contribution in [0.5, 0.6) is 0 Å². The van der Waals surface area contributed by atoms with E-state index in [0.29, 0.717) is 11.9 Å². The summed E-state index contributed by atoms with van der Waals surface area (Å²) in [5.41, 5.74) is 0. The minimum absolute atomic E-state index is 0. The highest BCUT2D eigenvalue weighted by Gasteiger charge is 2.29. The Hall–Kier alpha value is -0.280. The maximum absolute atomic E-state index is 11.3. The summed E-state index contributed by atoms with van der Waals surface area (Å²) in [6, 6.07) is 0.505. The summed E-state index contributed by atoms with van der Waals surface area (Å²) in [7, 11) is 0. The zero-order valence-electron chi connectivity index (χ0n) is 7.08. The largest absolute Gasteiger partial charge is 0.337 e. The number of hydrogen-bond acceptors (Lipinski definition) is 2. The number of rotatable bonds is 0. The van der Waals surface area contributed by atoms with E-state index in [1.165, 1.54) is 6.42 Å². The summed E-state index contributed by atoms with van der Waals surface area (Å²) in [6.07, 6.45) is 3.05. The minimum Gasteiger partial charge on any atom is -0.337 e. The number of fused-ring (bicyclic) bond motifs is 1. The summed E-state index contributed by atoms with van der Waals surface area (Å²) in [4.78, 5) is 13.4. The van der Waals surface area contributed by atoms with Crippen LogP contribution in [0.3, 0.4) is 0 Å². The molecular weight excluding hydrogens is 176 g/mol. The summed E-state index contributed by atoms with van der Waals surface area (Å²) in [5.74, 6) is 0.364. The second kappa shape index (κ2) is 4.10. The molecule has 2 heterocycles. The molecule has 0 aliphatic carbocycles. The average Bonchev–Trinajstić information content (AvgIpc) is 2.06. The van der Waals surface area contributed by atoms with Gasteiger partial charge in [-0.25, -0.2) is 0 Å². The van der Waals surface area contributed by atoms with Crippen molar-refractivity contribution in [3.8, 4) is 0 Å². The fraction of sp³-hybridized carbons (Fsp3) is 0.875. The van der Waals surface area contributed by atoms with Gasteiger partial charge in [0.2, 0.25) is 5.91 Å². The third-order valence-electron chi connectivity index (χ3n) is 2.60. The number of carbonyl (C=O) groups is 1. The zero-order chi connectivity index (χ0) is 7.68. The molecule has 0 aromatic carbocycles. The number of hydrogen-bond donors (Lipinski definition) is 1. The van der Waals surface area contributed by atoms with Gasteiger partial charge in [-0.05, 0) is 12.8 Å². The topological polar surface area (TPSA) is 32.3 Å². The Morgan fingerprint density at radius 1 is 1.50 bits per heavy atom. The second-order valence-corrected chi connectivity index (χ2v) is 3.34. The van der Waals surface area contributed by atoms with E-state index in [1.54, 1.807) is 0 Å². The van der Waals surface area contributed by atoms with Gasteiger partial charge in [-0.2, -0.15) is 0 Å². The number of piperazine rings is 1. The van der Waals surface area contributed by atoms with Gasteiger partial charge in [-0.3, -0.25) is 4.79 Å². The molecule has 4 heteroatoms. The molecule has 3 nitrogen and oxygen atoms in total. The van der Waals surface area contributed by atoms with Crippen molar-refractivity contribution in [2.75, 3.05) is 19.6 Å². The van der Waals surface area contributed by atoms with Crippen LogP contribution in [0.15, 0.2) is 0 Å². The third kappa shape index (κ3) is 1.72. The summed E-state index contributed by atoms with van der Waals surface area (Å²) in [5, 5.41) is 3.31. The van der Waals surface area contributed by atoms with Crippen LogP contribution in [0, 0.1) is 0 Å². The first-order valence-corrected chi connectivity index (χ1v) is 4.38. The van der Waals surface area contributed by atoms with Crippen molar-refractivity contribution in [2.24, 2.45) is 0 Å². The molecular formula is C8H15ClN2O. The van der Waals surface area contributed by atoms with Gasteiger partial charge in [0.05, 0.1) is 0 Å². The Labute approximate surface area is 78.9 Å². The van der Waals surface area contributed by atoms with Crippen molar-refractivity contribution in [3.05, 3.63) is 0 Å². The number of amides is 1. The maximum Gasteiger partial charge on any atom is 0.222 e. The van der Waals surface area contributed by atoms with Gasteiger partial charge in [0, 0.05) is 32.1 Å². The first kappa shape index (κ1) is 9.81. The highest BCUT2D eigenvalue weighted by Crippen LogP contribution is 2.18. The Kier molecular flexibility index (Phi) is 3.35. The molecule has 2 aliphatic heterocycles. The fourth-order valence-corrected chi connectivity index (χ4v) is 1.98. The highest BCUT2D eigenvalue weighted by atomic mass is 35.5. The quantitative estimate of drug-likeness (QED) is 0.600. The van der Waals surface area contributed by atoms with Gasteiger partial charge in [0.25, 0.3) is 0 Å². The van der Waals surface area contributed by atoms with Crippen molar-refractivity contribution in [1.29, 1.82) is 0 Å². The lowest BCUT2D eigenvalue weighted by atomic mass is 10.00. The monoisotopic (exact) mass is 190 g/mol. The molecule has 0 radical (unpaired) electrons. The normalized spacial score (nSPS) is 29.2. The van der Waals surface area contributed by atoms with Crippen LogP contribution < -0.4 is 5.32 Å². The van der Waals surface area contributed by atoms with Crippen LogP contribution >= 0.6 is 12.4 Å². The molecule has 2 rings (SSSR count). The molecule has 0 aromatic heterocycles. The summed E-state index contributed by atoms with van der Waals surface area (Å²) >= 11 is 0. The Bertz CT molecular complexity index is 172. The molecule has 2 fully saturated rings. The number of piperidine rings is 1. The Morgan fingerprint density at radius 2 is 2.33 bits per heavy atom. The molecule has 0 spiro atoms. The van der Waals surface area contributed by atoms with E-state index in [-0.39, 0.29) is 12.4 Å². The molecule has 1 atom stereocenters. The lowest BCUT2D eigenvalue weighted by Crippen LogP contribution is -2.55. The smallest absolute Gasteiger partial charge is 0.222 e. The Balaban J connectivity index is 0.000000720. The fourth-order valence-electron chi connectivity index (χ4n) is 1.98. The van der Waals surface area contributed by atoms with Crippen LogP contribution in [-0.2, 0) is 4.79 Å². The van der Waals surface area contributed by atoms with Crippen molar-refractivity contribution in [2.45, 2.75) is 25.3 Å². The molecule has 2 aliphatic rings. The van der Waals surface area contributed by atoms with Crippen LogP contribution in [0.4, 0.5) is 0 Å². The molecule has 1 N–H and O–H groups in total. The standard InChI is InChI=1S/C8H14N2O.ClH/c11-8-3-1-2-7-6-9-4-5-10(7)8;/h7,9H,1-6H2;1H/t7-;/m0./s1. The molecule has 70 valence electrons. The van der Waals surface area contributed by atoms with Gasteiger partial charge in [-0.1, -0.05) is 0 Å². The van der Waals surface area contributed by atoms with Crippen LogP contribution in [0.1, 0.15) is 19.3 Å². The number of nitrogens with zero attached hydrogens (tertiary/aromatic N) is 1. The van der Waals surface area contributed by atoms with Gasteiger partial charge < -0.3 is 10.2 Å². The molecule has 0 saturated carbocycles. The van der Waals surface area contributed by atoms with Crippen LogP contribution in [0.2, 0.25) is 0 Å². The van der Waals surface area contributed by atoms with E-state index in [0.717, 1.165) is 32.5 Å². The van der Waals surface area contributed by atoms with Crippen LogP contribution in [-0.4, -0.2) is 36.5 Å². The first-order chi connectivity index (χ1) is 5.38. The summed E-state index contributed by atoms with van der Waals surface area (Å²) in [6.45, 7) is 2.90. The first-order valence-electron chi connectivity index (χ1n) is 4.38. The Morgan fingerprint density at radius 3 is 3.08 bits per heavy atom. The summed E-state index contributed by atoms with van der Waals surface area (Å²) < 4.78 is 0. The van der Waals surface area contributed by atoms with Crippen molar-refractivity contribution in [1.82, 2.24) is 10.2 Å². The number of carbonyl (C=O) groups excluding carboxylic acids is 1. The van der Waals surface area contributed by atoms with E-state index in [4.69, 9.17) is 0 Å². The predicted octanol–water partition coefficient (Wildman–Crippen LogP) is 0.392. The number of halogens is 1. The minimum atomic E-state index is 0. The van der Waals surface area contributed by atoms with Gasteiger partial charge in [0.1, 0.15) is 0 Å². The van der Waals surface area contributed by atoms with Gasteiger partial charge in [0.15, 0.2) is 0 Å². The molecule has 1 amide bonds. The molecule has 0 unspecified atom stereocenters. The van der Waals surface area contributed by atoms with E-state index in [1.807, 2.05) is 4.90 Å². The van der Waals surface area contributed by atoms with Gasteiger partial charge in [-0.15, -0.1) is 12.4 Å². The molecule has 2 saturated heterocycles. The maximum atomic E-state index is 11.3. The van der Waals surface area contributed by atoms with E-state index >= 15 is 0 Å². The number of nitrogens with one attached hydrogen (secondary N) is 1. The lowest BCUT2D eigenvalue weighted by Gasteiger charge is -2.39. The van der Waals surface area contributed by atoms with Crippen molar-refractivity contribution in [3.63, 3.8) is 0 Å². The lowest BCUT2D eigenvalue weighted by molar-refractivity contribution is -0.137. The van der Waals surface area contributed by atoms with Crippen LogP contribution in [0.25, 0.3) is 0 Å².